The molecule has 2 aromatic rings. The molecule has 0 saturated heterocycles. The first-order chi connectivity index (χ1) is 12.8. The van der Waals surface area contributed by atoms with E-state index in [4.69, 9.17) is 16.3 Å². The van der Waals surface area contributed by atoms with Gasteiger partial charge in [-0.05, 0) is 42.7 Å². The Morgan fingerprint density at radius 3 is 2.67 bits per heavy atom. The SMILES string of the molecule is COc1ccc(N(CC(=O)N2CCCc3ccccc32)S(C)(=O)=O)cc1Cl. The van der Waals surface area contributed by atoms with Crippen LogP contribution in [0.1, 0.15) is 12.0 Å². The topological polar surface area (TPSA) is 66.9 Å². The van der Waals surface area contributed by atoms with Crippen molar-refractivity contribution in [2.24, 2.45) is 0 Å². The number of benzene rings is 2. The molecule has 0 atom stereocenters. The number of sulfonamides is 1. The average Bonchev–Trinajstić information content (AvgIpc) is 2.64. The van der Waals surface area contributed by atoms with Crippen molar-refractivity contribution >= 4 is 38.9 Å². The molecule has 0 bridgehead atoms. The molecule has 0 radical (unpaired) electrons. The highest BCUT2D eigenvalue weighted by Crippen LogP contribution is 2.31. The molecule has 0 fully saturated rings. The molecule has 2 aromatic carbocycles. The van der Waals surface area contributed by atoms with Gasteiger partial charge in [0.2, 0.25) is 15.9 Å². The summed E-state index contributed by atoms with van der Waals surface area (Å²) in [4.78, 5) is 14.6. The summed E-state index contributed by atoms with van der Waals surface area (Å²) in [5, 5.41) is 0.277. The van der Waals surface area contributed by atoms with Crippen LogP contribution in [0.3, 0.4) is 0 Å². The number of methoxy groups -OCH3 is 1. The van der Waals surface area contributed by atoms with E-state index in [9.17, 15) is 13.2 Å². The van der Waals surface area contributed by atoms with Crippen LogP contribution in [-0.4, -0.2) is 40.8 Å². The summed E-state index contributed by atoms with van der Waals surface area (Å²) in [6.07, 6.45) is 2.82. The van der Waals surface area contributed by atoms with Crippen LogP contribution >= 0.6 is 11.6 Å². The lowest BCUT2D eigenvalue weighted by molar-refractivity contribution is -0.117. The van der Waals surface area contributed by atoms with Gasteiger partial charge in [0.25, 0.3) is 0 Å². The number of ether oxygens (including phenoxy) is 1. The van der Waals surface area contributed by atoms with Gasteiger partial charge in [0.1, 0.15) is 12.3 Å². The van der Waals surface area contributed by atoms with Crippen LogP contribution in [0.5, 0.6) is 5.75 Å². The fourth-order valence-electron chi connectivity index (χ4n) is 3.21. The second-order valence-electron chi connectivity index (χ2n) is 6.37. The van der Waals surface area contributed by atoms with Gasteiger partial charge in [-0.3, -0.25) is 9.10 Å². The van der Waals surface area contributed by atoms with Crippen molar-refractivity contribution in [1.82, 2.24) is 0 Å². The number of fused-ring (bicyclic) bond motifs is 1. The Kier molecular flexibility index (Phi) is 5.62. The number of halogens is 1. The largest absolute Gasteiger partial charge is 0.495 e. The molecule has 0 saturated carbocycles. The van der Waals surface area contributed by atoms with Crippen molar-refractivity contribution in [3.8, 4) is 5.75 Å². The van der Waals surface area contributed by atoms with Gasteiger partial charge in [-0.1, -0.05) is 29.8 Å². The van der Waals surface area contributed by atoms with Crippen molar-refractivity contribution in [2.45, 2.75) is 12.8 Å². The maximum Gasteiger partial charge on any atom is 0.247 e. The second kappa shape index (κ2) is 7.78. The van der Waals surface area contributed by atoms with E-state index in [2.05, 4.69) is 0 Å². The van der Waals surface area contributed by atoms with Crippen molar-refractivity contribution in [3.63, 3.8) is 0 Å². The van der Waals surface area contributed by atoms with Gasteiger partial charge in [-0.2, -0.15) is 0 Å². The molecule has 144 valence electrons. The van der Waals surface area contributed by atoms with E-state index in [-0.39, 0.29) is 17.5 Å². The standard InChI is InChI=1S/C19H21ClN2O4S/c1-26-18-10-9-15(12-16(18)20)22(27(2,24)25)13-19(23)21-11-5-7-14-6-3-4-8-17(14)21/h3-4,6,8-10,12H,5,7,11,13H2,1-2H3. The third-order valence-electron chi connectivity index (χ3n) is 4.51. The fourth-order valence-corrected chi connectivity index (χ4v) is 4.30. The van der Waals surface area contributed by atoms with E-state index in [0.29, 0.717) is 18.0 Å². The van der Waals surface area contributed by atoms with E-state index >= 15 is 0 Å². The highest BCUT2D eigenvalue weighted by molar-refractivity contribution is 7.92. The van der Waals surface area contributed by atoms with Gasteiger partial charge in [0, 0.05) is 12.2 Å². The lowest BCUT2D eigenvalue weighted by Gasteiger charge is -2.31. The lowest BCUT2D eigenvalue weighted by Crippen LogP contribution is -2.44. The van der Waals surface area contributed by atoms with Crippen molar-refractivity contribution in [2.75, 3.05) is 35.7 Å². The van der Waals surface area contributed by atoms with Gasteiger partial charge in [-0.25, -0.2) is 8.42 Å². The normalized spacial score (nSPS) is 13.8. The Balaban J connectivity index is 1.90. The van der Waals surface area contributed by atoms with Crippen LogP contribution in [0.25, 0.3) is 0 Å². The fraction of sp³-hybridized carbons (Fsp3) is 0.316. The number of hydrogen-bond acceptors (Lipinski definition) is 4. The van der Waals surface area contributed by atoms with E-state index < -0.39 is 10.0 Å². The van der Waals surface area contributed by atoms with Gasteiger partial charge in [-0.15, -0.1) is 0 Å². The number of anilines is 2. The molecular formula is C19H21ClN2O4S. The number of carbonyl (C=O) groups excluding carboxylic acids is 1. The molecule has 0 unspecified atom stereocenters. The predicted molar refractivity (Wildman–Crippen MR) is 107 cm³/mol. The molecule has 0 spiro atoms. The molecule has 0 aliphatic carbocycles. The Morgan fingerprint density at radius 2 is 2.00 bits per heavy atom. The minimum Gasteiger partial charge on any atom is -0.495 e. The van der Waals surface area contributed by atoms with Crippen LogP contribution in [-0.2, 0) is 21.2 Å². The van der Waals surface area contributed by atoms with E-state index in [1.165, 1.54) is 13.2 Å². The summed E-state index contributed by atoms with van der Waals surface area (Å²) >= 11 is 6.13. The quantitative estimate of drug-likeness (QED) is 0.762. The Labute approximate surface area is 164 Å². The third-order valence-corrected chi connectivity index (χ3v) is 5.95. The number of aryl methyl sites for hydroxylation is 1. The van der Waals surface area contributed by atoms with E-state index in [1.54, 1.807) is 17.0 Å². The molecule has 1 heterocycles. The average molecular weight is 409 g/mol. The summed E-state index contributed by atoms with van der Waals surface area (Å²) < 4.78 is 30.9. The zero-order valence-corrected chi connectivity index (χ0v) is 16.8. The molecule has 1 aliphatic heterocycles. The van der Waals surface area contributed by atoms with E-state index in [1.807, 2.05) is 24.3 Å². The van der Waals surface area contributed by atoms with Crippen LogP contribution in [0.15, 0.2) is 42.5 Å². The van der Waals surface area contributed by atoms with Gasteiger partial charge in [0.05, 0.1) is 24.1 Å². The summed E-state index contributed by atoms with van der Waals surface area (Å²) in [6.45, 7) is 0.270. The van der Waals surface area contributed by atoms with Gasteiger partial charge >= 0.3 is 0 Å². The van der Waals surface area contributed by atoms with Crippen LogP contribution < -0.4 is 13.9 Å². The van der Waals surface area contributed by atoms with Crippen LogP contribution in [0.4, 0.5) is 11.4 Å². The number of nitrogens with zero attached hydrogens (tertiary/aromatic N) is 2. The first kappa shape index (κ1) is 19.5. The number of amides is 1. The smallest absolute Gasteiger partial charge is 0.247 e. The molecule has 3 rings (SSSR count). The molecule has 8 heteroatoms. The van der Waals surface area contributed by atoms with Crippen LogP contribution in [0, 0.1) is 0 Å². The number of hydrogen-bond donors (Lipinski definition) is 0. The minimum atomic E-state index is -3.68. The second-order valence-corrected chi connectivity index (χ2v) is 8.68. The predicted octanol–water partition coefficient (Wildman–Crippen LogP) is 3.09. The summed E-state index contributed by atoms with van der Waals surface area (Å²) in [6, 6.07) is 12.3. The molecular weight excluding hydrogens is 388 g/mol. The monoisotopic (exact) mass is 408 g/mol. The summed E-state index contributed by atoms with van der Waals surface area (Å²) in [5.74, 6) is 0.157. The highest BCUT2D eigenvalue weighted by atomic mass is 35.5. The first-order valence-electron chi connectivity index (χ1n) is 8.51. The lowest BCUT2D eigenvalue weighted by atomic mass is 10.0. The molecule has 0 aromatic heterocycles. The zero-order valence-electron chi connectivity index (χ0n) is 15.2. The number of para-hydroxylation sites is 1. The van der Waals surface area contributed by atoms with E-state index in [0.717, 1.165) is 34.7 Å². The molecule has 27 heavy (non-hydrogen) atoms. The highest BCUT2D eigenvalue weighted by Gasteiger charge is 2.27. The zero-order chi connectivity index (χ0) is 19.6. The molecule has 0 N–H and O–H groups in total. The minimum absolute atomic E-state index is 0.277. The maximum atomic E-state index is 13.0. The molecule has 1 aliphatic rings. The number of rotatable bonds is 5. The third kappa shape index (κ3) is 4.20. The summed E-state index contributed by atoms with van der Waals surface area (Å²) in [7, 11) is -2.20. The van der Waals surface area contributed by atoms with Crippen molar-refractivity contribution in [3.05, 3.63) is 53.1 Å². The first-order valence-corrected chi connectivity index (χ1v) is 10.7. The maximum absolute atomic E-state index is 13.0. The van der Waals surface area contributed by atoms with Crippen LogP contribution in [0.2, 0.25) is 5.02 Å². The molecule has 6 nitrogen and oxygen atoms in total. The summed E-state index contributed by atoms with van der Waals surface area (Å²) in [5.41, 5.74) is 2.26. The van der Waals surface area contributed by atoms with Gasteiger partial charge < -0.3 is 9.64 Å². The molecule has 1 amide bonds. The number of carbonyl (C=O) groups is 1. The Morgan fingerprint density at radius 1 is 1.26 bits per heavy atom. The van der Waals surface area contributed by atoms with Gasteiger partial charge in [0.15, 0.2) is 0 Å². The Bertz CT molecular complexity index is 962. The van der Waals surface area contributed by atoms with Crippen molar-refractivity contribution in [1.29, 1.82) is 0 Å². The van der Waals surface area contributed by atoms with Crippen molar-refractivity contribution < 1.29 is 17.9 Å². The Hall–Kier alpha value is -2.25.